The van der Waals surface area contributed by atoms with Gasteiger partial charge in [-0.25, -0.2) is 14.8 Å². The second-order valence-electron chi connectivity index (χ2n) is 5.55. The van der Waals surface area contributed by atoms with Gasteiger partial charge in [0, 0.05) is 24.2 Å². The van der Waals surface area contributed by atoms with E-state index in [9.17, 15) is 4.79 Å². The fraction of sp³-hybridized carbons (Fsp3) is 0.176. The van der Waals surface area contributed by atoms with Crippen molar-refractivity contribution in [3.63, 3.8) is 0 Å². The van der Waals surface area contributed by atoms with Crippen LogP contribution < -0.4 is 11.1 Å². The van der Waals surface area contributed by atoms with Crippen molar-refractivity contribution in [2.45, 2.75) is 19.8 Å². The monoisotopic (exact) mass is 321 g/mol. The lowest BCUT2D eigenvalue weighted by molar-refractivity contribution is 0.555. The van der Waals surface area contributed by atoms with Crippen LogP contribution in [-0.2, 0) is 0 Å². The topological polar surface area (TPSA) is 96.2 Å². The molecule has 120 valence electrons. The second-order valence-corrected chi connectivity index (χ2v) is 5.55. The van der Waals surface area contributed by atoms with Gasteiger partial charge >= 0.3 is 5.76 Å². The summed E-state index contributed by atoms with van der Waals surface area (Å²) in [6, 6.07) is 5.48. The zero-order valence-electron chi connectivity index (χ0n) is 13.0. The Labute approximate surface area is 137 Å². The maximum absolute atomic E-state index is 11.3. The molecule has 7 heteroatoms. The number of aryl methyl sites for hydroxylation is 1. The van der Waals surface area contributed by atoms with Gasteiger partial charge in [0.05, 0.1) is 16.9 Å². The smallest absolute Gasteiger partial charge is 0.408 e. The molecule has 2 N–H and O–H groups in total. The van der Waals surface area contributed by atoms with Crippen LogP contribution in [0.1, 0.15) is 24.1 Å². The minimum atomic E-state index is -0.467. The first-order chi connectivity index (χ1) is 11.7. The van der Waals surface area contributed by atoms with E-state index in [-0.39, 0.29) is 0 Å². The summed E-state index contributed by atoms with van der Waals surface area (Å²) in [5.74, 6) is -0.00333. The number of aromatic amines is 1. The van der Waals surface area contributed by atoms with E-state index in [2.05, 4.69) is 31.3 Å². The summed E-state index contributed by atoms with van der Waals surface area (Å²) >= 11 is 0. The van der Waals surface area contributed by atoms with Gasteiger partial charge in [-0.3, -0.25) is 9.98 Å². The number of allylic oxidation sites excluding steroid dienone is 1. The molecule has 2 aromatic heterocycles. The molecular weight excluding hydrogens is 306 g/mol. The first-order valence-corrected chi connectivity index (χ1v) is 7.66. The summed E-state index contributed by atoms with van der Waals surface area (Å²) in [7, 11) is 0. The first-order valence-electron chi connectivity index (χ1n) is 7.66. The van der Waals surface area contributed by atoms with Crippen LogP contribution in [0.5, 0.6) is 0 Å². The Morgan fingerprint density at radius 2 is 2.21 bits per heavy atom. The maximum Gasteiger partial charge on any atom is 0.417 e. The Hall–Kier alpha value is -3.22. The predicted molar refractivity (Wildman–Crippen MR) is 92.6 cm³/mol. The number of aliphatic imine (C=N–C) groups is 1. The quantitative estimate of drug-likeness (QED) is 0.772. The van der Waals surface area contributed by atoms with E-state index < -0.39 is 5.76 Å². The maximum atomic E-state index is 11.3. The van der Waals surface area contributed by atoms with Crippen molar-refractivity contribution in [3.05, 3.63) is 52.3 Å². The normalized spacial score (nSPS) is 14.0. The van der Waals surface area contributed by atoms with Crippen molar-refractivity contribution in [1.29, 1.82) is 0 Å². The summed E-state index contributed by atoms with van der Waals surface area (Å²) in [5.41, 5.74) is 4.47. The molecule has 0 amide bonds. The van der Waals surface area contributed by atoms with Crippen LogP contribution in [0, 0.1) is 6.92 Å². The van der Waals surface area contributed by atoms with Gasteiger partial charge in [-0.05, 0) is 37.5 Å². The molecule has 7 nitrogen and oxygen atoms in total. The third-order valence-corrected chi connectivity index (χ3v) is 3.77. The van der Waals surface area contributed by atoms with E-state index in [1.807, 2.05) is 25.3 Å². The number of anilines is 2. The van der Waals surface area contributed by atoms with E-state index >= 15 is 0 Å². The number of nitrogens with zero attached hydrogens (tertiary/aromatic N) is 3. The van der Waals surface area contributed by atoms with Gasteiger partial charge in [-0.2, -0.15) is 0 Å². The van der Waals surface area contributed by atoms with Crippen LogP contribution in [0.3, 0.4) is 0 Å². The Morgan fingerprint density at radius 3 is 3.04 bits per heavy atom. The summed E-state index contributed by atoms with van der Waals surface area (Å²) in [5, 5.41) is 3.15. The molecule has 1 aromatic carbocycles. The largest absolute Gasteiger partial charge is 0.417 e. The van der Waals surface area contributed by atoms with Crippen molar-refractivity contribution in [3.8, 4) is 0 Å². The molecule has 0 bridgehead atoms. The summed E-state index contributed by atoms with van der Waals surface area (Å²) in [6.45, 7) is 1.90. The van der Waals surface area contributed by atoms with Gasteiger partial charge in [0.25, 0.3) is 0 Å². The molecule has 1 aliphatic heterocycles. The minimum absolute atomic E-state index is 0.464. The highest BCUT2D eigenvalue weighted by Crippen LogP contribution is 2.24. The number of nitrogens with one attached hydrogen (secondary N) is 2. The average Bonchev–Trinajstić information content (AvgIpc) is 2.97. The Bertz CT molecular complexity index is 1030. The lowest BCUT2D eigenvalue weighted by atomic mass is 10.2. The zero-order valence-corrected chi connectivity index (χ0v) is 13.0. The highest BCUT2D eigenvalue weighted by Gasteiger charge is 2.09. The number of hydrogen-bond acceptors (Lipinski definition) is 6. The zero-order chi connectivity index (χ0) is 16.5. The molecule has 1 aliphatic rings. The second kappa shape index (κ2) is 5.77. The van der Waals surface area contributed by atoms with E-state index in [1.165, 1.54) is 0 Å². The van der Waals surface area contributed by atoms with Gasteiger partial charge in [-0.15, -0.1) is 0 Å². The molecule has 0 saturated heterocycles. The minimum Gasteiger partial charge on any atom is -0.408 e. The third-order valence-electron chi connectivity index (χ3n) is 3.77. The molecule has 0 aliphatic carbocycles. The lowest BCUT2D eigenvalue weighted by Gasteiger charge is -2.09. The number of H-pyrrole nitrogens is 1. The number of aromatic nitrogens is 3. The van der Waals surface area contributed by atoms with Gasteiger partial charge < -0.3 is 9.73 Å². The molecule has 24 heavy (non-hydrogen) atoms. The molecule has 0 saturated carbocycles. The predicted octanol–water partition coefficient (Wildman–Crippen LogP) is 3.17. The van der Waals surface area contributed by atoms with E-state index in [0.29, 0.717) is 17.0 Å². The van der Waals surface area contributed by atoms with Crippen molar-refractivity contribution in [2.75, 3.05) is 5.32 Å². The van der Waals surface area contributed by atoms with E-state index in [1.54, 1.807) is 12.3 Å². The number of fused-ring (bicyclic) bond motifs is 1. The molecular formula is C17H15N5O2. The molecule has 0 fully saturated rings. The SMILES string of the molecule is Cc1cc(Nc2nccc(C3=CCCC=N3)n2)cc2oc(=O)[nH]c12. The number of oxazole rings is 1. The summed E-state index contributed by atoms with van der Waals surface area (Å²) in [4.78, 5) is 27.1. The van der Waals surface area contributed by atoms with Crippen LogP contribution in [-0.4, -0.2) is 21.2 Å². The number of hydrogen-bond donors (Lipinski definition) is 2. The number of benzene rings is 1. The Kier molecular flexibility index (Phi) is 3.45. The molecule has 3 aromatic rings. The fourth-order valence-corrected chi connectivity index (χ4v) is 2.67. The van der Waals surface area contributed by atoms with Crippen LogP contribution in [0.25, 0.3) is 16.8 Å². The Balaban J connectivity index is 1.67. The molecule has 4 rings (SSSR count). The molecule has 0 spiro atoms. The summed E-state index contributed by atoms with van der Waals surface area (Å²) < 4.78 is 5.13. The highest BCUT2D eigenvalue weighted by molar-refractivity contribution is 5.81. The number of rotatable bonds is 3. The first kappa shape index (κ1) is 14.4. The fourth-order valence-electron chi connectivity index (χ4n) is 2.67. The molecule has 3 heterocycles. The van der Waals surface area contributed by atoms with E-state index in [0.717, 1.165) is 35.5 Å². The lowest BCUT2D eigenvalue weighted by Crippen LogP contribution is -2.00. The van der Waals surface area contributed by atoms with Crippen LogP contribution in [0.15, 0.2) is 44.7 Å². The molecule has 0 unspecified atom stereocenters. The third kappa shape index (κ3) is 2.71. The van der Waals surface area contributed by atoms with Crippen molar-refractivity contribution >= 4 is 34.6 Å². The van der Waals surface area contributed by atoms with Gasteiger partial charge in [0.2, 0.25) is 5.95 Å². The molecule has 0 atom stereocenters. The van der Waals surface area contributed by atoms with Crippen LogP contribution in [0.2, 0.25) is 0 Å². The van der Waals surface area contributed by atoms with Gasteiger partial charge in [0.1, 0.15) is 0 Å². The van der Waals surface area contributed by atoms with E-state index in [4.69, 9.17) is 4.42 Å². The van der Waals surface area contributed by atoms with Gasteiger partial charge in [0.15, 0.2) is 5.58 Å². The van der Waals surface area contributed by atoms with Gasteiger partial charge in [-0.1, -0.05) is 6.08 Å². The van der Waals surface area contributed by atoms with Crippen LogP contribution in [0.4, 0.5) is 11.6 Å². The van der Waals surface area contributed by atoms with Crippen molar-refractivity contribution < 1.29 is 4.42 Å². The highest BCUT2D eigenvalue weighted by atomic mass is 16.4. The van der Waals surface area contributed by atoms with Crippen molar-refractivity contribution in [2.24, 2.45) is 4.99 Å². The van der Waals surface area contributed by atoms with Crippen molar-refractivity contribution in [1.82, 2.24) is 15.0 Å². The summed E-state index contributed by atoms with van der Waals surface area (Å²) in [6.07, 6.45) is 7.58. The molecule has 0 radical (unpaired) electrons. The standard InChI is InChI=1S/C17H15N5O2/c1-10-8-11(9-14-15(10)22-17(23)24-14)20-16-19-7-5-13(21-16)12-4-2-3-6-18-12/h4-9H,2-3H2,1H3,(H,22,23)(H,19,20,21). The van der Waals surface area contributed by atoms with Crippen LogP contribution >= 0.6 is 0 Å². The Morgan fingerprint density at radius 1 is 1.29 bits per heavy atom. The average molecular weight is 321 g/mol.